The Labute approximate surface area is 179 Å². The van der Waals surface area contributed by atoms with Crippen molar-refractivity contribution in [1.82, 2.24) is 15.8 Å². The third-order valence-electron chi connectivity index (χ3n) is 3.97. The smallest absolute Gasteiger partial charge is 0.191 e. The highest BCUT2D eigenvalue weighted by Gasteiger charge is 2.07. The van der Waals surface area contributed by atoms with Crippen LogP contribution in [0.3, 0.4) is 0 Å². The van der Waals surface area contributed by atoms with E-state index in [1.165, 1.54) is 5.56 Å². The second-order valence-corrected chi connectivity index (χ2v) is 6.45. The van der Waals surface area contributed by atoms with Crippen LogP contribution < -0.4 is 15.4 Å². The molecule has 0 saturated carbocycles. The summed E-state index contributed by atoms with van der Waals surface area (Å²) in [4.78, 5) is 4.57. The molecule has 0 atom stereocenters. The van der Waals surface area contributed by atoms with Crippen molar-refractivity contribution in [3.63, 3.8) is 0 Å². The van der Waals surface area contributed by atoms with Gasteiger partial charge in [0.25, 0.3) is 0 Å². The number of ether oxygens (including phenoxy) is 1. The SMILES string of the molecule is CCNC(=NCc1cc(C(C)C)no1)NCCCc1cccc(OC)c1.I. The molecule has 2 N–H and O–H groups in total. The Hall–Kier alpha value is -1.77. The van der Waals surface area contributed by atoms with Gasteiger partial charge >= 0.3 is 0 Å². The summed E-state index contributed by atoms with van der Waals surface area (Å²) < 4.78 is 10.6. The molecule has 27 heavy (non-hydrogen) atoms. The van der Waals surface area contributed by atoms with Crippen LogP contribution in [0.1, 0.15) is 50.1 Å². The quantitative estimate of drug-likeness (QED) is 0.242. The number of guanidine groups is 1. The molecule has 0 unspecified atom stereocenters. The molecule has 0 bridgehead atoms. The summed E-state index contributed by atoms with van der Waals surface area (Å²) in [5.41, 5.74) is 2.24. The third-order valence-corrected chi connectivity index (χ3v) is 3.97. The van der Waals surface area contributed by atoms with E-state index in [4.69, 9.17) is 9.26 Å². The lowest BCUT2D eigenvalue weighted by molar-refractivity contribution is 0.376. The molecule has 0 aliphatic rings. The lowest BCUT2D eigenvalue weighted by Crippen LogP contribution is -2.37. The van der Waals surface area contributed by atoms with Gasteiger partial charge < -0.3 is 19.9 Å². The first-order chi connectivity index (χ1) is 12.6. The number of nitrogens with one attached hydrogen (secondary N) is 2. The average Bonchev–Trinajstić information content (AvgIpc) is 3.12. The van der Waals surface area contributed by atoms with Gasteiger partial charge in [0.1, 0.15) is 12.3 Å². The topological polar surface area (TPSA) is 71.7 Å². The molecule has 2 aromatic rings. The summed E-state index contributed by atoms with van der Waals surface area (Å²) in [5.74, 6) is 2.83. The Morgan fingerprint density at radius 3 is 2.74 bits per heavy atom. The zero-order chi connectivity index (χ0) is 18.8. The minimum absolute atomic E-state index is 0. The zero-order valence-electron chi connectivity index (χ0n) is 16.6. The van der Waals surface area contributed by atoms with Crippen molar-refractivity contribution < 1.29 is 9.26 Å². The van der Waals surface area contributed by atoms with E-state index in [1.54, 1.807) is 7.11 Å². The zero-order valence-corrected chi connectivity index (χ0v) is 18.9. The van der Waals surface area contributed by atoms with Gasteiger partial charge in [0.15, 0.2) is 11.7 Å². The van der Waals surface area contributed by atoms with E-state index >= 15 is 0 Å². The summed E-state index contributed by atoms with van der Waals surface area (Å²) in [6.07, 6.45) is 2.00. The van der Waals surface area contributed by atoms with E-state index in [9.17, 15) is 0 Å². The summed E-state index contributed by atoms with van der Waals surface area (Å²) in [5, 5.41) is 10.7. The molecular weight excluding hydrogens is 455 g/mol. The lowest BCUT2D eigenvalue weighted by atomic mass is 10.1. The Bertz CT molecular complexity index is 701. The van der Waals surface area contributed by atoms with Gasteiger partial charge in [-0.05, 0) is 43.4 Å². The van der Waals surface area contributed by atoms with E-state index in [0.29, 0.717) is 12.5 Å². The normalized spacial score (nSPS) is 11.2. The van der Waals surface area contributed by atoms with Crippen molar-refractivity contribution in [1.29, 1.82) is 0 Å². The van der Waals surface area contributed by atoms with Crippen LogP contribution in [-0.2, 0) is 13.0 Å². The summed E-state index contributed by atoms with van der Waals surface area (Å²) in [6.45, 7) is 8.38. The molecule has 150 valence electrons. The third kappa shape index (κ3) is 8.19. The first-order valence-electron chi connectivity index (χ1n) is 9.23. The van der Waals surface area contributed by atoms with Gasteiger partial charge in [-0.15, -0.1) is 24.0 Å². The number of nitrogens with zero attached hydrogens (tertiary/aromatic N) is 2. The van der Waals surface area contributed by atoms with Crippen LogP contribution in [0.2, 0.25) is 0 Å². The molecule has 0 fully saturated rings. The maximum atomic E-state index is 5.34. The predicted molar refractivity (Wildman–Crippen MR) is 120 cm³/mol. The Morgan fingerprint density at radius 2 is 2.07 bits per heavy atom. The summed E-state index contributed by atoms with van der Waals surface area (Å²) >= 11 is 0. The monoisotopic (exact) mass is 486 g/mol. The van der Waals surface area contributed by atoms with Crippen LogP contribution in [0.25, 0.3) is 0 Å². The van der Waals surface area contributed by atoms with Gasteiger partial charge in [-0.3, -0.25) is 0 Å². The number of aromatic nitrogens is 1. The van der Waals surface area contributed by atoms with Gasteiger partial charge in [0, 0.05) is 19.2 Å². The highest BCUT2D eigenvalue weighted by Crippen LogP contribution is 2.15. The Kier molecular flexibility index (Phi) is 10.8. The minimum atomic E-state index is 0. The molecule has 7 heteroatoms. The van der Waals surface area contributed by atoms with Crippen molar-refractivity contribution in [3.8, 4) is 5.75 Å². The maximum absolute atomic E-state index is 5.34. The van der Waals surface area contributed by atoms with Crippen LogP contribution in [0.4, 0.5) is 0 Å². The first-order valence-corrected chi connectivity index (χ1v) is 9.23. The molecule has 0 spiro atoms. The van der Waals surface area contributed by atoms with Gasteiger partial charge in [-0.25, -0.2) is 4.99 Å². The largest absolute Gasteiger partial charge is 0.497 e. The highest BCUT2D eigenvalue weighted by molar-refractivity contribution is 14.0. The molecule has 0 aliphatic heterocycles. The van der Waals surface area contributed by atoms with E-state index in [1.807, 2.05) is 18.2 Å². The van der Waals surface area contributed by atoms with Gasteiger partial charge in [-0.1, -0.05) is 31.1 Å². The molecule has 6 nitrogen and oxygen atoms in total. The molecular formula is C20H31IN4O2. The van der Waals surface area contributed by atoms with Crippen LogP contribution in [0.5, 0.6) is 5.75 Å². The van der Waals surface area contributed by atoms with E-state index in [0.717, 1.165) is 49.1 Å². The standard InChI is InChI=1S/C20H30N4O2.HI/c1-5-21-20(23-14-18-13-19(15(2)3)24-26-18)22-11-7-9-16-8-6-10-17(12-16)25-4;/h6,8,10,12-13,15H,5,7,9,11,14H2,1-4H3,(H2,21,22,23);1H. The van der Waals surface area contributed by atoms with E-state index in [-0.39, 0.29) is 24.0 Å². The maximum Gasteiger partial charge on any atom is 0.191 e. The van der Waals surface area contributed by atoms with Crippen LogP contribution in [0, 0.1) is 0 Å². The molecule has 1 aromatic carbocycles. The molecule has 2 rings (SSSR count). The number of rotatable bonds is 9. The minimum Gasteiger partial charge on any atom is -0.497 e. The fourth-order valence-electron chi connectivity index (χ4n) is 2.50. The fourth-order valence-corrected chi connectivity index (χ4v) is 2.50. The number of aliphatic imine (C=N–C) groups is 1. The van der Waals surface area contributed by atoms with E-state index in [2.05, 4.69) is 53.7 Å². The summed E-state index contributed by atoms with van der Waals surface area (Å²) in [6, 6.07) is 10.2. The first kappa shape index (κ1) is 23.3. The molecule has 0 amide bonds. The lowest BCUT2D eigenvalue weighted by Gasteiger charge is -2.11. The average molecular weight is 486 g/mol. The van der Waals surface area contributed by atoms with Crippen LogP contribution >= 0.6 is 24.0 Å². The number of hydrogen-bond donors (Lipinski definition) is 2. The predicted octanol–water partition coefficient (Wildman–Crippen LogP) is 4.11. The molecule has 1 aromatic heterocycles. The number of hydrogen-bond acceptors (Lipinski definition) is 4. The van der Waals surface area contributed by atoms with Gasteiger partial charge in [-0.2, -0.15) is 0 Å². The Balaban J connectivity index is 0.00000364. The second kappa shape index (κ2) is 12.6. The molecule has 0 aliphatic carbocycles. The number of benzene rings is 1. The second-order valence-electron chi connectivity index (χ2n) is 6.45. The molecule has 0 saturated heterocycles. The van der Waals surface area contributed by atoms with Crippen molar-refractivity contribution in [3.05, 3.63) is 47.3 Å². The van der Waals surface area contributed by atoms with Crippen molar-refractivity contribution in [2.75, 3.05) is 20.2 Å². The number of aryl methyl sites for hydroxylation is 1. The molecule has 1 heterocycles. The number of halogens is 1. The van der Waals surface area contributed by atoms with Crippen molar-refractivity contribution in [2.45, 2.75) is 46.1 Å². The molecule has 0 radical (unpaired) electrons. The van der Waals surface area contributed by atoms with Crippen LogP contribution in [-0.4, -0.2) is 31.3 Å². The van der Waals surface area contributed by atoms with Gasteiger partial charge in [0.2, 0.25) is 0 Å². The number of methoxy groups -OCH3 is 1. The Morgan fingerprint density at radius 1 is 1.26 bits per heavy atom. The van der Waals surface area contributed by atoms with Crippen molar-refractivity contribution in [2.24, 2.45) is 4.99 Å². The fraction of sp³-hybridized carbons (Fsp3) is 0.500. The van der Waals surface area contributed by atoms with Crippen molar-refractivity contribution >= 4 is 29.9 Å². The highest BCUT2D eigenvalue weighted by atomic mass is 127. The van der Waals surface area contributed by atoms with E-state index < -0.39 is 0 Å². The van der Waals surface area contributed by atoms with Gasteiger partial charge in [0.05, 0.1) is 12.8 Å². The summed E-state index contributed by atoms with van der Waals surface area (Å²) in [7, 11) is 1.69. The van der Waals surface area contributed by atoms with Crippen LogP contribution in [0.15, 0.2) is 39.8 Å².